The maximum absolute atomic E-state index is 12.3. The molecule has 0 unspecified atom stereocenters. The maximum Gasteiger partial charge on any atom is 0.220 e. The van der Waals surface area contributed by atoms with E-state index < -0.39 is 0 Å². The van der Waals surface area contributed by atoms with Crippen LogP contribution in [0.4, 0.5) is 0 Å². The van der Waals surface area contributed by atoms with Crippen molar-refractivity contribution in [3.63, 3.8) is 0 Å². The highest BCUT2D eigenvalue weighted by Gasteiger charge is 2.44. The molecule has 2 saturated carbocycles. The molecule has 0 heterocycles. The Morgan fingerprint density at radius 1 is 1.04 bits per heavy atom. The summed E-state index contributed by atoms with van der Waals surface area (Å²) in [6.07, 6.45) is 8.85. The minimum Gasteiger partial charge on any atom is -0.490 e. The lowest BCUT2D eigenvalue weighted by Crippen LogP contribution is -2.32. The summed E-state index contributed by atoms with van der Waals surface area (Å²) in [6, 6.07) is 18.8. The second-order valence-corrected chi connectivity index (χ2v) is 8.09. The highest BCUT2D eigenvalue weighted by molar-refractivity contribution is 5.76. The molecule has 2 aliphatic carbocycles. The van der Waals surface area contributed by atoms with E-state index >= 15 is 0 Å². The highest BCUT2D eigenvalue weighted by Crippen LogP contribution is 2.47. The zero-order chi connectivity index (χ0) is 18.5. The van der Waals surface area contributed by atoms with Gasteiger partial charge in [0.1, 0.15) is 5.75 Å². The molecule has 0 aliphatic heterocycles. The van der Waals surface area contributed by atoms with Gasteiger partial charge in [0.15, 0.2) is 0 Å². The first-order valence-corrected chi connectivity index (χ1v) is 10.3. The van der Waals surface area contributed by atoms with Crippen LogP contribution < -0.4 is 10.1 Å². The Balaban J connectivity index is 1.25. The van der Waals surface area contributed by atoms with Crippen molar-refractivity contribution in [1.29, 1.82) is 0 Å². The Labute approximate surface area is 162 Å². The van der Waals surface area contributed by atoms with Crippen LogP contribution in [-0.2, 0) is 16.6 Å². The number of rotatable bonds is 8. The van der Waals surface area contributed by atoms with Crippen molar-refractivity contribution in [3.8, 4) is 5.75 Å². The fraction of sp³-hybridized carbons (Fsp3) is 0.458. The van der Waals surface area contributed by atoms with Gasteiger partial charge in [-0.15, -0.1) is 0 Å². The lowest BCUT2D eigenvalue weighted by molar-refractivity contribution is -0.121. The van der Waals surface area contributed by atoms with Gasteiger partial charge in [-0.2, -0.15) is 0 Å². The summed E-state index contributed by atoms with van der Waals surface area (Å²) in [6.45, 7) is 0.751. The molecule has 0 bridgehead atoms. The molecule has 2 aromatic carbocycles. The van der Waals surface area contributed by atoms with Crippen molar-refractivity contribution in [2.75, 3.05) is 6.54 Å². The molecule has 0 radical (unpaired) electrons. The molecule has 2 aromatic rings. The Morgan fingerprint density at radius 2 is 1.81 bits per heavy atom. The van der Waals surface area contributed by atoms with Gasteiger partial charge in [0.05, 0.1) is 6.10 Å². The molecule has 1 amide bonds. The molecule has 0 spiro atoms. The van der Waals surface area contributed by atoms with Crippen LogP contribution in [0, 0.1) is 0 Å². The molecular formula is C24H29NO2. The van der Waals surface area contributed by atoms with Crippen molar-refractivity contribution in [3.05, 3.63) is 65.7 Å². The zero-order valence-corrected chi connectivity index (χ0v) is 16.0. The summed E-state index contributed by atoms with van der Waals surface area (Å²) in [4.78, 5) is 12.3. The van der Waals surface area contributed by atoms with Gasteiger partial charge < -0.3 is 10.1 Å². The van der Waals surface area contributed by atoms with Crippen LogP contribution in [0.25, 0.3) is 0 Å². The van der Waals surface area contributed by atoms with Crippen LogP contribution in [0.1, 0.15) is 56.1 Å². The second kappa shape index (κ2) is 8.16. The lowest BCUT2D eigenvalue weighted by atomic mass is 9.96. The van der Waals surface area contributed by atoms with E-state index in [1.165, 1.54) is 24.0 Å². The molecule has 0 saturated heterocycles. The van der Waals surface area contributed by atoms with Gasteiger partial charge in [-0.05, 0) is 68.2 Å². The Morgan fingerprint density at radius 3 is 2.56 bits per heavy atom. The minimum absolute atomic E-state index is 0.138. The molecule has 142 valence electrons. The van der Waals surface area contributed by atoms with Gasteiger partial charge >= 0.3 is 0 Å². The summed E-state index contributed by atoms with van der Waals surface area (Å²) >= 11 is 0. The molecule has 27 heavy (non-hydrogen) atoms. The Hall–Kier alpha value is -2.29. The van der Waals surface area contributed by atoms with Crippen LogP contribution >= 0.6 is 0 Å². The maximum atomic E-state index is 12.3. The third-order valence-corrected chi connectivity index (χ3v) is 6.01. The van der Waals surface area contributed by atoms with E-state index in [4.69, 9.17) is 4.74 Å². The third-order valence-electron chi connectivity index (χ3n) is 6.01. The zero-order valence-electron chi connectivity index (χ0n) is 16.0. The highest BCUT2D eigenvalue weighted by atomic mass is 16.5. The van der Waals surface area contributed by atoms with Gasteiger partial charge in [0.25, 0.3) is 0 Å². The Kier molecular flexibility index (Phi) is 5.47. The van der Waals surface area contributed by atoms with Crippen molar-refractivity contribution in [2.45, 2.75) is 62.9 Å². The first-order chi connectivity index (χ1) is 13.2. The summed E-state index contributed by atoms with van der Waals surface area (Å²) in [7, 11) is 0. The third kappa shape index (κ3) is 4.71. The van der Waals surface area contributed by atoms with E-state index in [1.54, 1.807) is 0 Å². The number of carbonyl (C=O) groups excluding carboxylic acids is 1. The summed E-state index contributed by atoms with van der Waals surface area (Å²) < 4.78 is 6.07. The van der Waals surface area contributed by atoms with E-state index in [0.717, 1.165) is 44.4 Å². The molecule has 3 heteroatoms. The summed E-state index contributed by atoms with van der Waals surface area (Å²) in [5.41, 5.74) is 2.69. The van der Waals surface area contributed by atoms with Gasteiger partial charge in [-0.3, -0.25) is 4.79 Å². The van der Waals surface area contributed by atoms with Crippen molar-refractivity contribution >= 4 is 5.91 Å². The number of hydrogen-bond donors (Lipinski definition) is 1. The number of amides is 1. The van der Waals surface area contributed by atoms with Crippen LogP contribution in [-0.4, -0.2) is 18.6 Å². The number of aryl methyl sites for hydroxylation is 1. The topological polar surface area (TPSA) is 38.3 Å². The lowest BCUT2D eigenvalue weighted by Gasteiger charge is -2.17. The first-order valence-electron chi connectivity index (χ1n) is 10.3. The second-order valence-electron chi connectivity index (χ2n) is 8.09. The predicted molar refractivity (Wildman–Crippen MR) is 108 cm³/mol. The molecule has 0 atom stereocenters. The quantitative estimate of drug-likeness (QED) is 0.732. The van der Waals surface area contributed by atoms with Crippen molar-refractivity contribution < 1.29 is 9.53 Å². The van der Waals surface area contributed by atoms with Crippen LogP contribution in [0.15, 0.2) is 54.6 Å². The van der Waals surface area contributed by atoms with Crippen LogP contribution in [0.2, 0.25) is 0 Å². The molecule has 0 aromatic heterocycles. The first kappa shape index (κ1) is 18.1. The number of carbonyl (C=O) groups is 1. The van der Waals surface area contributed by atoms with E-state index in [-0.39, 0.29) is 11.3 Å². The molecule has 2 fully saturated rings. The normalized spacial score (nSPS) is 18.2. The largest absolute Gasteiger partial charge is 0.490 e. The Bertz CT molecular complexity index is 761. The fourth-order valence-corrected chi connectivity index (χ4v) is 4.10. The van der Waals surface area contributed by atoms with E-state index in [2.05, 4.69) is 41.7 Å². The fourth-order valence-electron chi connectivity index (χ4n) is 4.10. The molecule has 1 N–H and O–H groups in total. The van der Waals surface area contributed by atoms with Gasteiger partial charge in [-0.1, -0.05) is 42.5 Å². The average molecular weight is 364 g/mol. The standard InChI is InChI=1S/C24H29NO2/c26-23(25-18-24(15-16-24)20-8-2-1-3-9-20)14-13-19-7-6-12-22(17-19)27-21-10-4-5-11-21/h1-3,6-9,12,17,21H,4-5,10-11,13-16,18H2,(H,25,26). The molecule has 4 rings (SSSR count). The predicted octanol–water partition coefficient (Wildman–Crippen LogP) is 4.79. The number of ether oxygens (including phenoxy) is 1. The van der Waals surface area contributed by atoms with Crippen molar-refractivity contribution in [2.24, 2.45) is 0 Å². The van der Waals surface area contributed by atoms with E-state index in [0.29, 0.717) is 12.5 Å². The van der Waals surface area contributed by atoms with E-state index in [9.17, 15) is 4.79 Å². The number of hydrogen-bond acceptors (Lipinski definition) is 2. The molecular weight excluding hydrogens is 334 g/mol. The van der Waals surface area contributed by atoms with E-state index in [1.807, 2.05) is 18.2 Å². The van der Waals surface area contributed by atoms with Gasteiger partial charge in [-0.25, -0.2) is 0 Å². The van der Waals surface area contributed by atoms with Gasteiger partial charge in [0, 0.05) is 18.4 Å². The SMILES string of the molecule is O=C(CCc1cccc(OC2CCCC2)c1)NCC1(c2ccccc2)CC1. The number of nitrogens with one attached hydrogen (secondary N) is 1. The minimum atomic E-state index is 0.138. The smallest absolute Gasteiger partial charge is 0.220 e. The van der Waals surface area contributed by atoms with Gasteiger partial charge in [0.2, 0.25) is 5.91 Å². The monoisotopic (exact) mass is 363 g/mol. The van der Waals surface area contributed by atoms with Crippen LogP contribution in [0.3, 0.4) is 0 Å². The van der Waals surface area contributed by atoms with Crippen LogP contribution in [0.5, 0.6) is 5.75 Å². The molecule has 3 nitrogen and oxygen atoms in total. The average Bonchev–Trinajstić information content (AvgIpc) is 3.34. The summed E-state index contributed by atoms with van der Waals surface area (Å²) in [5, 5.41) is 3.16. The van der Waals surface area contributed by atoms with Crippen molar-refractivity contribution in [1.82, 2.24) is 5.32 Å². The molecule has 2 aliphatic rings. The summed E-state index contributed by atoms with van der Waals surface area (Å²) in [5.74, 6) is 1.08. The number of benzene rings is 2.